The van der Waals surface area contributed by atoms with Crippen molar-refractivity contribution in [3.8, 4) is 0 Å². The number of aliphatic hydroxyl groups excluding tert-OH is 1. The molecule has 1 atom stereocenters. The number of methoxy groups -OCH3 is 1. The van der Waals surface area contributed by atoms with Gasteiger partial charge in [0.25, 0.3) is 11.7 Å². The highest BCUT2D eigenvalue weighted by Crippen LogP contribution is 2.41. The first-order valence-corrected chi connectivity index (χ1v) is 9.90. The summed E-state index contributed by atoms with van der Waals surface area (Å²) in [7, 11) is 1.58. The zero-order valence-corrected chi connectivity index (χ0v) is 17.6. The smallest absolute Gasteiger partial charge is 0.295 e. The van der Waals surface area contributed by atoms with E-state index in [1.165, 1.54) is 17.0 Å². The minimum atomic E-state index is -0.723. The van der Waals surface area contributed by atoms with Crippen LogP contribution < -0.4 is 0 Å². The Hall–Kier alpha value is -2.34. The molecule has 0 radical (unpaired) electrons. The SMILES string of the molecule is COCCCN1C(=O)C(=O)/C(=C(/O)c2ccc(Cl)c(Cl)c2)C1c1ccccc1C. The molecular formula is C22H21Cl2NO4. The first-order valence-electron chi connectivity index (χ1n) is 9.15. The molecule has 1 heterocycles. The van der Waals surface area contributed by atoms with Gasteiger partial charge in [0, 0.05) is 25.8 Å². The molecule has 5 nitrogen and oxygen atoms in total. The molecule has 2 aromatic carbocycles. The predicted octanol–water partition coefficient (Wildman–Crippen LogP) is 4.76. The molecule has 0 aromatic heterocycles. The summed E-state index contributed by atoms with van der Waals surface area (Å²) >= 11 is 12.0. The Bertz CT molecular complexity index is 987. The molecule has 0 spiro atoms. The van der Waals surface area contributed by atoms with Crippen molar-refractivity contribution >= 4 is 40.7 Å². The quantitative estimate of drug-likeness (QED) is 0.308. The first-order chi connectivity index (χ1) is 13.9. The molecule has 1 saturated heterocycles. The Labute approximate surface area is 179 Å². The zero-order valence-electron chi connectivity index (χ0n) is 16.1. The summed E-state index contributed by atoms with van der Waals surface area (Å²) in [6.07, 6.45) is 0.568. The van der Waals surface area contributed by atoms with Crippen LogP contribution in [-0.2, 0) is 14.3 Å². The fourth-order valence-corrected chi connectivity index (χ4v) is 3.80. The lowest BCUT2D eigenvalue weighted by molar-refractivity contribution is -0.140. The van der Waals surface area contributed by atoms with Crippen LogP contribution in [0.25, 0.3) is 5.76 Å². The van der Waals surface area contributed by atoms with E-state index in [2.05, 4.69) is 0 Å². The molecule has 3 rings (SSSR count). The largest absolute Gasteiger partial charge is 0.507 e. The number of ether oxygens (including phenoxy) is 1. The van der Waals surface area contributed by atoms with E-state index in [-0.39, 0.29) is 16.4 Å². The topological polar surface area (TPSA) is 66.8 Å². The van der Waals surface area contributed by atoms with Gasteiger partial charge in [-0.15, -0.1) is 0 Å². The number of likely N-dealkylation sites (tertiary alicyclic amines) is 1. The number of aliphatic hydroxyl groups is 1. The fraction of sp³-hybridized carbons (Fsp3) is 0.273. The molecule has 0 aliphatic carbocycles. The number of aryl methyl sites for hydroxylation is 1. The highest BCUT2D eigenvalue weighted by atomic mass is 35.5. The second kappa shape index (κ2) is 8.99. The molecule has 7 heteroatoms. The minimum Gasteiger partial charge on any atom is -0.507 e. The number of hydrogen-bond acceptors (Lipinski definition) is 4. The van der Waals surface area contributed by atoms with Gasteiger partial charge in [0.2, 0.25) is 0 Å². The van der Waals surface area contributed by atoms with Crippen LogP contribution in [0.4, 0.5) is 0 Å². The summed E-state index contributed by atoms with van der Waals surface area (Å²) in [6.45, 7) is 2.69. The zero-order chi connectivity index (χ0) is 21.1. The molecule has 1 aliphatic heterocycles. The maximum Gasteiger partial charge on any atom is 0.295 e. The van der Waals surface area contributed by atoms with Crippen LogP contribution in [-0.4, -0.2) is 42.0 Å². The number of carbonyl (C=O) groups is 2. The third-order valence-electron chi connectivity index (χ3n) is 4.96. The highest BCUT2D eigenvalue weighted by Gasteiger charge is 2.46. The Balaban J connectivity index is 2.16. The summed E-state index contributed by atoms with van der Waals surface area (Å²) in [5.41, 5.74) is 2.06. The number of hydrogen-bond donors (Lipinski definition) is 1. The molecule has 1 amide bonds. The summed E-state index contributed by atoms with van der Waals surface area (Å²) < 4.78 is 5.08. The summed E-state index contributed by atoms with van der Waals surface area (Å²) in [4.78, 5) is 27.2. The van der Waals surface area contributed by atoms with E-state index in [0.717, 1.165) is 11.1 Å². The van der Waals surface area contributed by atoms with Crippen molar-refractivity contribution in [2.24, 2.45) is 0 Å². The van der Waals surface area contributed by atoms with Crippen LogP contribution in [0, 0.1) is 6.92 Å². The van der Waals surface area contributed by atoms with Gasteiger partial charge in [-0.2, -0.15) is 0 Å². The van der Waals surface area contributed by atoms with Gasteiger partial charge in [-0.3, -0.25) is 9.59 Å². The van der Waals surface area contributed by atoms with E-state index in [0.29, 0.717) is 30.2 Å². The molecule has 0 saturated carbocycles. The van der Waals surface area contributed by atoms with Gasteiger partial charge in [-0.1, -0.05) is 47.5 Å². The third kappa shape index (κ3) is 4.17. The average Bonchev–Trinajstić information content (AvgIpc) is 2.95. The fourth-order valence-electron chi connectivity index (χ4n) is 3.51. The van der Waals surface area contributed by atoms with Crippen molar-refractivity contribution < 1.29 is 19.4 Å². The molecule has 1 aliphatic rings. The number of halogens is 2. The predicted molar refractivity (Wildman–Crippen MR) is 113 cm³/mol. The van der Waals surface area contributed by atoms with Gasteiger partial charge >= 0.3 is 0 Å². The van der Waals surface area contributed by atoms with Crippen LogP contribution in [0.2, 0.25) is 10.0 Å². The normalized spacial score (nSPS) is 18.5. The number of rotatable bonds is 6. The van der Waals surface area contributed by atoms with Crippen LogP contribution in [0.5, 0.6) is 0 Å². The molecule has 1 unspecified atom stereocenters. The van der Waals surface area contributed by atoms with Gasteiger partial charge in [-0.05, 0) is 42.7 Å². The number of Topliss-reactive ketones (excluding diaryl/α,β-unsaturated/α-hetero) is 1. The van der Waals surface area contributed by atoms with E-state index < -0.39 is 17.7 Å². The van der Waals surface area contributed by atoms with Gasteiger partial charge in [0.1, 0.15) is 5.76 Å². The van der Waals surface area contributed by atoms with Crippen LogP contribution in [0.3, 0.4) is 0 Å². The van der Waals surface area contributed by atoms with Gasteiger partial charge < -0.3 is 14.7 Å². The number of ketones is 1. The van der Waals surface area contributed by atoms with E-state index >= 15 is 0 Å². The summed E-state index contributed by atoms with van der Waals surface area (Å²) in [5.74, 6) is -1.64. The van der Waals surface area contributed by atoms with Gasteiger partial charge in [0.05, 0.1) is 21.7 Å². The molecule has 1 N–H and O–H groups in total. The summed E-state index contributed by atoms with van der Waals surface area (Å²) in [5, 5.41) is 11.6. The van der Waals surface area contributed by atoms with Crippen molar-refractivity contribution in [3.63, 3.8) is 0 Å². The molecule has 0 bridgehead atoms. The van der Waals surface area contributed by atoms with Crippen molar-refractivity contribution in [3.05, 3.63) is 74.8 Å². The van der Waals surface area contributed by atoms with Crippen molar-refractivity contribution in [1.29, 1.82) is 0 Å². The Morgan fingerprint density at radius 3 is 2.52 bits per heavy atom. The maximum atomic E-state index is 12.9. The lowest BCUT2D eigenvalue weighted by Crippen LogP contribution is -2.31. The number of amides is 1. The van der Waals surface area contributed by atoms with Crippen molar-refractivity contribution in [2.75, 3.05) is 20.3 Å². The Kier molecular flexibility index (Phi) is 6.63. The Morgan fingerprint density at radius 2 is 1.86 bits per heavy atom. The van der Waals surface area contributed by atoms with E-state index in [9.17, 15) is 14.7 Å². The van der Waals surface area contributed by atoms with Crippen molar-refractivity contribution in [2.45, 2.75) is 19.4 Å². The highest BCUT2D eigenvalue weighted by molar-refractivity contribution is 6.47. The lowest BCUT2D eigenvalue weighted by atomic mass is 9.92. The molecule has 2 aromatic rings. The maximum absolute atomic E-state index is 12.9. The van der Waals surface area contributed by atoms with Gasteiger partial charge in [0.15, 0.2) is 0 Å². The lowest BCUT2D eigenvalue weighted by Gasteiger charge is -2.26. The molecule has 1 fully saturated rings. The second-order valence-electron chi connectivity index (χ2n) is 6.82. The second-order valence-corrected chi connectivity index (χ2v) is 7.64. The van der Waals surface area contributed by atoms with E-state index in [1.807, 2.05) is 31.2 Å². The van der Waals surface area contributed by atoms with Gasteiger partial charge in [-0.25, -0.2) is 0 Å². The number of benzene rings is 2. The summed E-state index contributed by atoms with van der Waals surface area (Å²) in [6, 6.07) is 11.4. The van der Waals surface area contributed by atoms with Crippen LogP contribution in [0.15, 0.2) is 48.0 Å². The van der Waals surface area contributed by atoms with Crippen molar-refractivity contribution in [1.82, 2.24) is 4.90 Å². The monoisotopic (exact) mass is 433 g/mol. The molecule has 152 valence electrons. The van der Waals surface area contributed by atoms with Crippen LogP contribution in [0.1, 0.15) is 29.2 Å². The number of nitrogens with zero attached hydrogens (tertiary/aromatic N) is 1. The third-order valence-corrected chi connectivity index (χ3v) is 5.70. The molecule has 29 heavy (non-hydrogen) atoms. The standard InChI is InChI=1S/C22H21Cl2NO4/c1-13-6-3-4-7-15(13)19-18(20(26)14-8-9-16(23)17(24)12-14)21(27)22(28)25(19)10-5-11-29-2/h3-4,6-9,12,19,26H,5,10-11H2,1-2H3/b20-18+. The van der Waals surface area contributed by atoms with E-state index in [4.69, 9.17) is 27.9 Å². The minimum absolute atomic E-state index is 0.0418. The first kappa shape index (κ1) is 21.4. The van der Waals surface area contributed by atoms with E-state index in [1.54, 1.807) is 13.2 Å². The average molecular weight is 434 g/mol. The Morgan fingerprint density at radius 1 is 1.14 bits per heavy atom. The number of carbonyl (C=O) groups excluding carboxylic acids is 2. The molecular weight excluding hydrogens is 413 g/mol. The van der Waals surface area contributed by atoms with Crippen LogP contribution >= 0.6 is 23.2 Å².